The summed E-state index contributed by atoms with van der Waals surface area (Å²) < 4.78 is 15.6. The number of hydrogen-bond acceptors (Lipinski definition) is 7. The summed E-state index contributed by atoms with van der Waals surface area (Å²) in [4.78, 5) is 25.5. The van der Waals surface area contributed by atoms with E-state index < -0.39 is 17.9 Å². The summed E-state index contributed by atoms with van der Waals surface area (Å²) in [6, 6.07) is 4.98. The maximum atomic E-state index is 12.9. The van der Waals surface area contributed by atoms with Crippen LogP contribution in [0, 0.1) is 0 Å². The Morgan fingerprint density at radius 1 is 1.21 bits per heavy atom. The molecule has 0 radical (unpaired) electrons. The van der Waals surface area contributed by atoms with Gasteiger partial charge in [0.2, 0.25) is 0 Å². The third-order valence-corrected chi connectivity index (χ3v) is 5.15. The molecule has 9 heteroatoms. The van der Waals surface area contributed by atoms with Crippen LogP contribution in [0.5, 0.6) is 0 Å². The van der Waals surface area contributed by atoms with Gasteiger partial charge in [0, 0.05) is 5.70 Å². The zero-order chi connectivity index (χ0) is 21.6. The average molecular weight is 444 g/mol. The first-order valence-electron chi connectivity index (χ1n) is 8.96. The average Bonchev–Trinajstić information content (AvgIpc) is 2.69. The van der Waals surface area contributed by atoms with Gasteiger partial charge in [0.05, 0.1) is 66.3 Å². The smallest absolute Gasteiger partial charge is 0.336 e. The third-order valence-electron chi connectivity index (χ3n) is 4.32. The standard InChI is InChI=1S/C20H23Cl2NO6/c1-4-29-20(26)17-14(10-28-9-8-24)23-11(2)15(19(25)27-3)16(17)12-6-5-7-13(21)18(12)22/h5-7,16,23-24H,4,8-10H2,1-3H3. The molecule has 0 fully saturated rings. The quantitative estimate of drug-likeness (QED) is 0.470. The summed E-state index contributed by atoms with van der Waals surface area (Å²) in [5.74, 6) is -2.12. The lowest BCUT2D eigenvalue weighted by atomic mass is 9.80. The van der Waals surface area contributed by atoms with Crippen LogP contribution in [0.2, 0.25) is 10.0 Å². The Bertz CT molecular complexity index is 849. The summed E-state index contributed by atoms with van der Waals surface area (Å²) in [6.07, 6.45) is 0. The first-order chi connectivity index (χ1) is 13.9. The number of esters is 2. The summed E-state index contributed by atoms with van der Waals surface area (Å²) in [5, 5.41) is 12.5. The van der Waals surface area contributed by atoms with Gasteiger partial charge in [-0.2, -0.15) is 0 Å². The van der Waals surface area contributed by atoms with Crippen molar-refractivity contribution in [1.29, 1.82) is 0 Å². The Labute approximate surface area is 179 Å². The molecule has 0 amide bonds. The minimum Gasteiger partial charge on any atom is -0.466 e. The SMILES string of the molecule is CCOC(=O)C1=C(COCCO)NC(C)=C(C(=O)OC)C1c1cccc(Cl)c1Cl. The Morgan fingerprint density at radius 3 is 2.55 bits per heavy atom. The minimum atomic E-state index is -0.873. The fourth-order valence-corrected chi connectivity index (χ4v) is 3.55. The van der Waals surface area contributed by atoms with Crippen molar-refractivity contribution in [3.8, 4) is 0 Å². The molecule has 1 aromatic rings. The van der Waals surface area contributed by atoms with Gasteiger partial charge in [-0.15, -0.1) is 0 Å². The molecule has 2 rings (SSSR count). The van der Waals surface area contributed by atoms with Crippen LogP contribution in [0.3, 0.4) is 0 Å². The number of nitrogens with one attached hydrogen (secondary N) is 1. The number of aliphatic hydroxyl groups is 1. The van der Waals surface area contributed by atoms with Crippen LogP contribution in [0.25, 0.3) is 0 Å². The van der Waals surface area contributed by atoms with Crippen molar-refractivity contribution in [2.24, 2.45) is 0 Å². The Kier molecular flexibility index (Phi) is 8.52. The lowest BCUT2D eigenvalue weighted by molar-refractivity contribution is -0.139. The van der Waals surface area contributed by atoms with E-state index in [1.54, 1.807) is 32.0 Å². The molecule has 29 heavy (non-hydrogen) atoms. The first kappa shape index (κ1) is 23.2. The highest BCUT2D eigenvalue weighted by molar-refractivity contribution is 6.42. The molecule has 1 unspecified atom stereocenters. The number of dihydropyridines is 1. The van der Waals surface area contributed by atoms with Gasteiger partial charge < -0.3 is 24.6 Å². The number of methoxy groups -OCH3 is 1. The molecule has 0 spiro atoms. The fraction of sp³-hybridized carbons (Fsp3) is 0.400. The molecule has 0 saturated heterocycles. The molecular formula is C20H23Cl2NO6. The van der Waals surface area contributed by atoms with E-state index in [9.17, 15) is 9.59 Å². The van der Waals surface area contributed by atoms with Gasteiger partial charge in [0.1, 0.15) is 0 Å². The van der Waals surface area contributed by atoms with Gasteiger partial charge in [-0.3, -0.25) is 0 Å². The number of rotatable bonds is 8. The van der Waals surface area contributed by atoms with Crippen molar-refractivity contribution in [2.75, 3.05) is 33.5 Å². The van der Waals surface area contributed by atoms with Gasteiger partial charge >= 0.3 is 11.9 Å². The monoisotopic (exact) mass is 443 g/mol. The zero-order valence-corrected chi connectivity index (χ0v) is 17.9. The maximum Gasteiger partial charge on any atom is 0.336 e. The van der Waals surface area contributed by atoms with E-state index in [1.807, 2.05) is 0 Å². The lowest BCUT2D eigenvalue weighted by Crippen LogP contribution is -2.35. The number of aliphatic hydroxyl groups excluding tert-OH is 1. The van der Waals surface area contributed by atoms with E-state index >= 15 is 0 Å². The van der Waals surface area contributed by atoms with E-state index in [-0.39, 0.29) is 47.6 Å². The second-order valence-corrected chi connectivity index (χ2v) is 6.91. The molecular weight excluding hydrogens is 421 g/mol. The molecule has 0 saturated carbocycles. The van der Waals surface area contributed by atoms with E-state index in [2.05, 4.69) is 5.32 Å². The van der Waals surface area contributed by atoms with Crippen molar-refractivity contribution < 1.29 is 28.9 Å². The highest BCUT2D eigenvalue weighted by Crippen LogP contribution is 2.43. The Hall–Kier alpha value is -2.06. The Morgan fingerprint density at radius 2 is 1.93 bits per heavy atom. The topological polar surface area (TPSA) is 94.1 Å². The van der Waals surface area contributed by atoms with Gasteiger partial charge in [0.25, 0.3) is 0 Å². The molecule has 0 aliphatic carbocycles. The molecule has 2 N–H and O–H groups in total. The fourth-order valence-electron chi connectivity index (χ4n) is 3.13. The normalized spacial score (nSPS) is 16.6. The van der Waals surface area contributed by atoms with Crippen LogP contribution in [0.15, 0.2) is 40.7 Å². The van der Waals surface area contributed by atoms with Gasteiger partial charge in [-0.05, 0) is 25.5 Å². The predicted molar refractivity (Wildman–Crippen MR) is 109 cm³/mol. The summed E-state index contributed by atoms with van der Waals surface area (Å²) in [6.45, 7) is 3.41. The number of benzene rings is 1. The minimum absolute atomic E-state index is 0.00478. The molecule has 1 aliphatic heterocycles. The van der Waals surface area contributed by atoms with Crippen molar-refractivity contribution in [3.63, 3.8) is 0 Å². The van der Waals surface area contributed by atoms with Crippen molar-refractivity contribution in [1.82, 2.24) is 5.32 Å². The molecule has 0 aromatic heterocycles. The summed E-state index contributed by atoms with van der Waals surface area (Å²) in [7, 11) is 1.26. The second-order valence-electron chi connectivity index (χ2n) is 6.12. The number of carbonyl (C=O) groups is 2. The summed E-state index contributed by atoms with van der Waals surface area (Å²) in [5.41, 5.74) is 1.73. The number of halogens is 2. The summed E-state index contributed by atoms with van der Waals surface area (Å²) >= 11 is 12.6. The first-order valence-corrected chi connectivity index (χ1v) is 9.71. The van der Waals surface area contributed by atoms with Crippen molar-refractivity contribution >= 4 is 35.1 Å². The van der Waals surface area contributed by atoms with Crippen LogP contribution < -0.4 is 5.32 Å². The van der Waals surface area contributed by atoms with Crippen LogP contribution in [-0.4, -0.2) is 50.6 Å². The van der Waals surface area contributed by atoms with E-state index in [0.717, 1.165) is 0 Å². The largest absolute Gasteiger partial charge is 0.466 e. The molecule has 1 heterocycles. The van der Waals surface area contributed by atoms with Crippen LogP contribution >= 0.6 is 23.2 Å². The predicted octanol–water partition coefficient (Wildman–Crippen LogP) is 2.95. The highest BCUT2D eigenvalue weighted by atomic mass is 35.5. The van der Waals surface area contributed by atoms with E-state index in [4.69, 9.17) is 42.5 Å². The molecule has 1 atom stereocenters. The number of hydrogen-bond donors (Lipinski definition) is 2. The van der Waals surface area contributed by atoms with E-state index in [1.165, 1.54) is 7.11 Å². The van der Waals surface area contributed by atoms with Gasteiger partial charge in [-0.1, -0.05) is 35.3 Å². The van der Waals surface area contributed by atoms with Crippen LogP contribution in [0.1, 0.15) is 25.3 Å². The molecule has 0 bridgehead atoms. The molecule has 7 nitrogen and oxygen atoms in total. The number of carbonyl (C=O) groups excluding carboxylic acids is 2. The van der Waals surface area contributed by atoms with Crippen molar-refractivity contribution in [3.05, 3.63) is 56.3 Å². The molecule has 158 valence electrons. The second kappa shape index (κ2) is 10.6. The van der Waals surface area contributed by atoms with E-state index in [0.29, 0.717) is 17.0 Å². The number of allylic oxidation sites excluding steroid dienone is 1. The van der Waals surface area contributed by atoms with Crippen molar-refractivity contribution in [2.45, 2.75) is 19.8 Å². The molecule has 1 aliphatic rings. The molecule has 1 aromatic carbocycles. The van der Waals surface area contributed by atoms with Gasteiger partial charge in [0.15, 0.2) is 0 Å². The number of ether oxygens (including phenoxy) is 3. The third kappa shape index (κ3) is 5.11. The highest BCUT2D eigenvalue weighted by Gasteiger charge is 2.40. The van der Waals surface area contributed by atoms with Gasteiger partial charge in [-0.25, -0.2) is 9.59 Å². The zero-order valence-electron chi connectivity index (χ0n) is 16.4. The maximum absolute atomic E-state index is 12.9. The lowest BCUT2D eigenvalue weighted by Gasteiger charge is -2.31. The Balaban J connectivity index is 2.72. The van der Waals surface area contributed by atoms with Crippen LogP contribution in [0.4, 0.5) is 0 Å². The van der Waals surface area contributed by atoms with Crippen LogP contribution in [-0.2, 0) is 23.8 Å².